The summed E-state index contributed by atoms with van der Waals surface area (Å²) in [5.74, 6) is 0.0210. The molecule has 0 unspecified atom stereocenters. The van der Waals surface area contributed by atoms with E-state index in [2.05, 4.69) is 5.32 Å². The van der Waals surface area contributed by atoms with E-state index in [1.165, 1.54) is 6.92 Å². The maximum Gasteiger partial charge on any atom is 0.410 e. The molecule has 1 heterocycles. The highest BCUT2D eigenvalue weighted by Gasteiger charge is 2.27. The molecule has 1 rings (SSSR count). The normalized spacial score (nSPS) is 16.5. The molecule has 0 bridgehead atoms. The highest BCUT2D eigenvalue weighted by atomic mass is 32.2. The Balaban J connectivity index is 2.30. The Morgan fingerprint density at radius 2 is 1.81 bits per heavy atom. The van der Waals surface area contributed by atoms with Crippen LogP contribution in [0, 0.1) is 0 Å². The van der Waals surface area contributed by atoms with Crippen LogP contribution in [0.4, 0.5) is 4.79 Å². The molecular weight excluding hydrogens is 292 g/mol. The number of hydrogen-bond acceptors (Lipinski definition) is 5. The van der Waals surface area contributed by atoms with E-state index in [4.69, 9.17) is 4.74 Å². The molecule has 0 aromatic heterocycles. The van der Waals surface area contributed by atoms with Crippen molar-refractivity contribution in [2.24, 2.45) is 0 Å². The molecule has 0 radical (unpaired) electrons. The Kier molecular flexibility index (Phi) is 6.51. The summed E-state index contributed by atoms with van der Waals surface area (Å²) in [5, 5.41) is 2.83. The van der Waals surface area contributed by atoms with Crippen LogP contribution in [0.3, 0.4) is 0 Å². The third kappa shape index (κ3) is 7.36. The molecule has 0 atom stereocenters. The van der Waals surface area contributed by atoms with Crippen LogP contribution in [0.15, 0.2) is 0 Å². The largest absolute Gasteiger partial charge is 0.444 e. The minimum atomic E-state index is -0.494. The topological polar surface area (TPSA) is 75.7 Å². The van der Waals surface area contributed by atoms with Crippen LogP contribution >= 0.6 is 11.8 Å². The molecule has 120 valence electrons. The number of carbonyl (C=O) groups is 3. The van der Waals surface area contributed by atoms with Crippen LogP contribution in [0.25, 0.3) is 0 Å². The van der Waals surface area contributed by atoms with Gasteiger partial charge in [0.25, 0.3) is 0 Å². The lowest BCUT2D eigenvalue weighted by Crippen LogP contribution is -2.48. The van der Waals surface area contributed by atoms with Gasteiger partial charge in [-0.3, -0.25) is 9.59 Å². The Morgan fingerprint density at radius 1 is 1.24 bits per heavy atom. The van der Waals surface area contributed by atoms with Crippen LogP contribution in [-0.4, -0.2) is 52.5 Å². The van der Waals surface area contributed by atoms with Crippen molar-refractivity contribution in [3.8, 4) is 0 Å². The molecule has 6 nitrogen and oxygen atoms in total. The van der Waals surface area contributed by atoms with Gasteiger partial charge in [0.05, 0.1) is 5.75 Å². The Morgan fingerprint density at radius 3 is 2.29 bits per heavy atom. The predicted octanol–water partition coefficient (Wildman–Crippen LogP) is 1.78. The molecule has 1 fully saturated rings. The first-order valence-electron chi connectivity index (χ1n) is 7.08. The number of amides is 2. The Hall–Kier alpha value is -1.24. The van der Waals surface area contributed by atoms with E-state index >= 15 is 0 Å². The van der Waals surface area contributed by atoms with Crippen molar-refractivity contribution in [2.45, 2.75) is 52.2 Å². The van der Waals surface area contributed by atoms with E-state index < -0.39 is 5.60 Å². The van der Waals surface area contributed by atoms with Gasteiger partial charge < -0.3 is 15.0 Å². The van der Waals surface area contributed by atoms with E-state index in [1.54, 1.807) is 4.90 Å². The van der Waals surface area contributed by atoms with Crippen molar-refractivity contribution in [1.29, 1.82) is 0 Å². The second-order valence-electron chi connectivity index (χ2n) is 6.09. The number of piperidine rings is 1. The van der Waals surface area contributed by atoms with Gasteiger partial charge in [0.2, 0.25) is 5.91 Å². The summed E-state index contributed by atoms with van der Waals surface area (Å²) >= 11 is 1.00. The van der Waals surface area contributed by atoms with Crippen molar-refractivity contribution in [2.75, 3.05) is 18.8 Å². The second-order valence-corrected chi connectivity index (χ2v) is 7.24. The van der Waals surface area contributed by atoms with E-state index in [0.717, 1.165) is 11.8 Å². The zero-order chi connectivity index (χ0) is 16.0. The molecule has 1 aliphatic rings. The summed E-state index contributed by atoms with van der Waals surface area (Å²) in [6, 6.07) is 0.0590. The molecule has 1 aliphatic heterocycles. The third-order valence-electron chi connectivity index (χ3n) is 2.92. The minimum absolute atomic E-state index is 0.0590. The summed E-state index contributed by atoms with van der Waals surface area (Å²) in [7, 11) is 0. The van der Waals surface area contributed by atoms with E-state index in [-0.39, 0.29) is 28.9 Å². The second kappa shape index (κ2) is 7.68. The number of nitrogens with one attached hydrogen (secondary N) is 1. The van der Waals surface area contributed by atoms with Crippen LogP contribution in [-0.2, 0) is 14.3 Å². The van der Waals surface area contributed by atoms with Gasteiger partial charge in [-0.05, 0) is 33.6 Å². The molecule has 1 saturated heterocycles. The first-order valence-corrected chi connectivity index (χ1v) is 8.06. The standard InChI is InChI=1S/C14H24N2O4S/c1-10(17)21-9-12(18)15-11-5-7-16(8-6-11)13(19)20-14(2,3)4/h11H,5-9H2,1-4H3,(H,15,18). The van der Waals surface area contributed by atoms with Crippen molar-refractivity contribution >= 4 is 28.9 Å². The fourth-order valence-electron chi connectivity index (χ4n) is 1.97. The lowest BCUT2D eigenvalue weighted by atomic mass is 10.1. The quantitative estimate of drug-likeness (QED) is 0.859. The molecule has 0 saturated carbocycles. The minimum Gasteiger partial charge on any atom is -0.444 e. The van der Waals surface area contributed by atoms with Gasteiger partial charge in [0.15, 0.2) is 5.12 Å². The summed E-state index contributed by atoms with van der Waals surface area (Å²) in [4.78, 5) is 36.0. The maximum absolute atomic E-state index is 11.9. The summed E-state index contributed by atoms with van der Waals surface area (Å²) in [5.41, 5.74) is -0.494. The van der Waals surface area contributed by atoms with Crippen molar-refractivity contribution in [3.05, 3.63) is 0 Å². The van der Waals surface area contributed by atoms with Gasteiger partial charge in [0.1, 0.15) is 5.60 Å². The zero-order valence-electron chi connectivity index (χ0n) is 13.1. The number of carbonyl (C=O) groups excluding carboxylic acids is 3. The summed E-state index contributed by atoms with van der Waals surface area (Å²) in [6.07, 6.45) is 1.10. The van der Waals surface area contributed by atoms with Gasteiger partial charge >= 0.3 is 6.09 Å². The third-order valence-corrected chi connectivity index (χ3v) is 3.73. The van der Waals surface area contributed by atoms with Gasteiger partial charge in [0, 0.05) is 26.1 Å². The van der Waals surface area contributed by atoms with Crippen molar-refractivity contribution < 1.29 is 19.1 Å². The lowest BCUT2D eigenvalue weighted by Gasteiger charge is -2.33. The summed E-state index contributed by atoms with van der Waals surface area (Å²) in [6.45, 7) is 8.09. The summed E-state index contributed by atoms with van der Waals surface area (Å²) < 4.78 is 5.32. The predicted molar refractivity (Wildman–Crippen MR) is 82.1 cm³/mol. The maximum atomic E-state index is 11.9. The van der Waals surface area contributed by atoms with Gasteiger partial charge in [-0.15, -0.1) is 0 Å². The van der Waals surface area contributed by atoms with Crippen LogP contribution in [0.5, 0.6) is 0 Å². The highest BCUT2D eigenvalue weighted by molar-refractivity contribution is 8.14. The number of likely N-dealkylation sites (tertiary alicyclic amines) is 1. The molecular formula is C14H24N2O4S. The van der Waals surface area contributed by atoms with Crippen LogP contribution in [0.2, 0.25) is 0 Å². The van der Waals surface area contributed by atoms with Gasteiger partial charge in [-0.25, -0.2) is 4.79 Å². The molecule has 7 heteroatoms. The van der Waals surface area contributed by atoms with Crippen LogP contribution < -0.4 is 5.32 Å². The molecule has 21 heavy (non-hydrogen) atoms. The van der Waals surface area contributed by atoms with Crippen molar-refractivity contribution in [3.63, 3.8) is 0 Å². The number of rotatable bonds is 3. The smallest absolute Gasteiger partial charge is 0.410 e. The molecule has 1 N–H and O–H groups in total. The average Bonchev–Trinajstić information content (AvgIpc) is 2.35. The van der Waals surface area contributed by atoms with Gasteiger partial charge in [-0.1, -0.05) is 11.8 Å². The number of hydrogen-bond donors (Lipinski definition) is 1. The van der Waals surface area contributed by atoms with E-state index in [0.29, 0.717) is 25.9 Å². The monoisotopic (exact) mass is 316 g/mol. The molecule has 0 aromatic carbocycles. The van der Waals surface area contributed by atoms with Crippen LogP contribution in [0.1, 0.15) is 40.5 Å². The Labute approximate surface area is 130 Å². The zero-order valence-corrected chi connectivity index (χ0v) is 13.9. The highest BCUT2D eigenvalue weighted by Crippen LogP contribution is 2.15. The van der Waals surface area contributed by atoms with E-state index in [9.17, 15) is 14.4 Å². The Bertz CT molecular complexity index is 398. The number of ether oxygens (including phenoxy) is 1. The fraction of sp³-hybridized carbons (Fsp3) is 0.786. The van der Waals surface area contributed by atoms with Crippen molar-refractivity contribution in [1.82, 2.24) is 10.2 Å². The lowest BCUT2D eigenvalue weighted by molar-refractivity contribution is -0.119. The molecule has 2 amide bonds. The SMILES string of the molecule is CC(=O)SCC(=O)NC1CCN(C(=O)OC(C)(C)C)CC1. The number of thioether (sulfide) groups is 1. The molecule has 0 aromatic rings. The average molecular weight is 316 g/mol. The van der Waals surface area contributed by atoms with E-state index in [1.807, 2.05) is 20.8 Å². The molecule has 0 aliphatic carbocycles. The molecule has 0 spiro atoms. The first kappa shape index (κ1) is 17.8. The number of nitrogens with zero attached hydrogens (tertiary/aromatic N) is 1. The first-order chi connectivity index (χ1) is 9.67. The fourth-order valence-corrected chi connectivity index (χ4v) is 2.39. The van der Waals surface area contributed by atoms with Gasteiger partial charge in [-0.2, -0.15) is 0 Å².